The van der Waals surface area contributed by atoms with Crippen molar-refractivity contribution in [3.63, 3.8) is 0 Å². The minimum absolute atomic E-state index is 0.00788. The molecule has 2 aromatic rings. The zero-order valence-corrected chi connectivity index (χ0v) is 19.9. The molecule has 0 radical (unpaired) electrons. The summed E-state index contributed by atoms with van der Waals surface area (Å²) in [6.07, 6.45) is 12.8. The molecule has 0 unspecified atom stereocenters. The Kier molecular flexibility index (Phi) is 8.30. The molecule has 1 amide bonds. The van der Waals surface area contributed by atoms with Crippen LogP contribution in [0.15, 0.2) is 72.5 Å². The molecule has 180 valence electrons. The topological polar surface area (TPSA) is 82.5 Å². The number of anilines is 1. The van der Waals surface area contributed by atoms with Crippen LogP contribution in [-0.4, -0.2) is 33.3 Å². The Hall–Kier alpha value is -2.76. The number of rotatable bonds is 10. The zero-order chi connectivity index (χ0) is 23.9. The molecule has 0 saturated heterocycles. The second-order valence-electron chi connectivity index (χ2n) is 9.85. The Morgan fingerprint density at radius 3 is 2.91 bits per heavy atom. The Bertz CT molecular complexity index is 1020. The average Bonchev–Trinajstić information content (AvgIpc) is 3.32. The Balaban J connectivity index is 1.20. The number of aromatic nitrogens is 1. The van der Waals surface area contributed by atoms with E-state index < -0.39 is 6.10 Å². The number of pyridine rings is 1. The van der Waals surface area contributed by atoms with E-state index in [1.165, 1.54) is 11.1 Å². The van der Waals surface area contributed by atoms with E-state index in [1.54, 1.807) is 12.3 Å². The summed E-state index contributed by atoms with van der Waals surface area (Å²) >= 11 is 0. The van der Waals surface area contributed by atoms with Crippen molar-refractivity contribution in [3.8, 4) is 0 Å². The highest BCUT2D eigenvalue weighted by atomic mass is 16.3. The number of nitrogens with one attached hydrogen (secondary N) is 1. The maximum Gasteiger partial charge on any atom is 0.225 e. The Labute approximate surface area is 202 Å². The van der Waals surface area contributed by atoms with Gasteiger partial charge in [0.15, 0.2) is 0 Å². The molecule has 2 aliphatic carbocycles. The molecule has 5 atom stereocenters. The van der Waals surface area contributed by atoms with E-state index in [4.69, 9.17) is 0 Å². The molecule has 5 nitrogen and oxygen atoms in total. The summed E-state index contributed by atoms with van der Waals surface area (Å²) < 4.78 is 0. The van der Waals surface area contributed by atoms with Gasteiger partial charge in [0.2, 0.25) is 5.91 Å². The van der Waals surface area contributed by atoms with Crippen molar-refractivity contribution in [3.05, 3.63) is 83.6 Å². The van der Waals surface area contributed by atoms with Gasteiger partial charge in [-0.1, -0.05) is 59.7 Å². The fraction of sp³-hybridized carbons (Fsp3) is 0.448. The van der Waals surface area contributed by atoms with Crippen LogP contribution in [0.5, 0.6) is 0 Å². The van der Waals surface area contributed by atoms with Crippen LogP contribution in [0, 0.1) is 24.7 Å². The smallest absolute Gasteiger partial charge is 0.225 e. The monoisotopic (exact) mass is 460 g/mol. The van der Waals surface area contributed by atoms with Crippen LogP contribution in [0.3, 0.4) is 0 Å². The van der Waals surface area contributed by atoms with Crippen LogP contribution < -0.4 is 5.32 Å². The molecule has 0 bridgehead atoms. The molecule has 2 aliphatic rings. The van der Waals surface area contributed by atoms with Crippen molar-refractivity contribution < 1.29 is 15.0 Å². The third kappa shape index (κ3) is 6.64. The third-order valence-electron chi connectivity index (χ3n) is 7.12. The van der Waals surface area contributed by atoms with E-state index >= 15 is 0 Å². The van der Waals surface area contributed by atoms with Crippen molar-refractivity contribution in [2.75, 3.05) is 5.32 Å². The van der Waals surface area contributed by atoms with E-state index in [9.17, 15) is 15.0 Å². The number of aliphatic hydroxyl groups is 2. The van der Waals surface area contributed by atoms with Crippen LogP contribution in [-0.2, 0) is 11.2 Å². The highest BCUT2D eigenvalue weighted by Gasteiger charge is 2.43. The van der Waals surface area contributed by atoms with E-state index in [-0.39, 0.29) is 17.9 Å². The molecule has 0 aliphatic heterocycles. The first kappa shape index (κ1) is 24.4. The van der Waals surface area contributed by atoms with Crippen molar-refractivity contribution in [1.29, 1.82) is 0 Å². The van der Waals surface area contributed by atoms with Crippen molar-refractivity contribution in [2.45, 2.75) is 64.1 Å². The molecule has 0 spiro atoms. The van der Waals surface area contributed by atoms with Gasteiger partial charge in [-0.25, -0.2) is 4.98 Å². The quantitative estimate of drug-likeness (QED) is 0.345. The summed E-state index contributed by atoms with van der Waals surface area (Å²) in [7, 11) is 0. The van der Waals surface area contributed by atoms with Crippen LogP contribution in [0.4, 0.5) is 5.82 Å². The first-order valence-electron chi connectivity index (χ1n) is 12.5. The van der Waals surface area contributed by atoms with Gasteiger partial charge in [-0.2, -0.15) is 0 Å². The summed E-state index contributed by atoms with van der Waals surface area (Å²) in [4.78, 5) is 16.2. The van der Waals surface area contributed by atoms with Crippen LogP contribution >= 0.6 is 0 Å². The van der Waals surface area contributed by atoms with E-state index in [2.05, 4.69) is 41.5 Å². The van der Waals surface area contributed by atoms with Gasteiger partial charge >= 0.3 is 0 Å². The SMILES string of the molecule is Cc1cccc(C[C@H](O)/C=C/[C@@H]2[C@H]3CC(CCCCC(=O)Nc4ccccn4)=C[C@H]3C[C@H]2O)c1. The fourth-order valence-corrected chi connectivity index (χ4v) is 5.48. The maximum absolute atomic E-state index is 12.1. The number of unbranched alkanes of at least 4 members (excludes halogenated alkanes) is 1. The molecule has 3 N–H and O–H groups in total. The van der Waals surface area contributed by atoms with Gasteiger partial charge in [-0.3, -0.25) is 4.79 Å². The Morgan fingerprint density at radius 2 is 2.12 bits per heavy atom. The number of nitrogens with zero attached hydrogens (tertiary/aromatic N) is 1. The van der Waals surface area contributed by atoms with Gasteiger partial charge in [0.25, 0.3) is 0 Å². The number of aryl methyl sites for hydroxylation is 1. The summed E-state index contributed by atoms with van der Waals surface area (Å²) in [5.41, 5.74) is 3.77. The molecule has 34 heavy (non-hydrogen) atoms. The van der Waals surface area contributed by atoms with Gasteiger partial charge in [-0.15, -0.1) is 0 Å². The summed E-state index contributed by atoms with van der Waals surface area (Å²) in [6.45, 7) is 2.06. The van der Waals surface area contributed by atoms with Crippen LogP contribution in [0.2, 0.25) is 0 Å². The van der Waals surface area contributed by atoms with Gasteiger partial charge in [-0.05, 0) is 68.6 Å². The highest BCUT2D eigenvalue weighted by molar-refractivity contribution is 5.89. The lowest BCUT2D eigenvalue weighted by atomic mass is 9.88. The number of carbonyl (C=O) groups excluding carboxylic acids is 1. The van der Waals surface area contributed by atoms with Crippen LogP contribution in [0.1, 0.15) is 49.7 Å². The minimum Gasteiger partial charge on any atom is -0.392 e. The van der Waals surface area contributed by atoms with Gasteiger partial charge < -0.3 is 15.5 Å². The van der Waals surface area contributed by atoms with E-state index in [1.807, 2.05) is 30.3 Å². The number of hydrogen-bond acceptors (Lipinski definition) is 4. The van der Waals surface area contributed by atoms with Gasteiger partial charge in [0, 0.05) is 25.0 Å². The largest absolute Gasteiger partial charge is 0.392 e. The molecule has 5 heteroatoms. The molecule has 1 saturated carbocycles. The van der Waals surface area contributed by atoms with Crippen molar-refractivity contribution >= 4 is 11.7 Å². The van der Waals surface area contributed by atoms with E-state index in [0.717, 1.165) is 37.7 Å². The fourth-order valence-electron chi connectivity index (χ4n) is 5.48. The summed E-state index contributed by atoms with van der Waals surface area (Å²) in [6, 6.07) is 13.7. The normalized spacial score (nSPS) is 24.7. The number of benzene rings is 1. The van der Waals surface area contributed by atoms with Crippen molar-refractivity contribution in [2.24, 2.45) is 17.8 Å². The zero-order valence-electron chi connectivity index (χ0n) is 19.9. The molecule has 1 aromatic heterocycles. The molecule has 1 heterocycles. The molecular formula is C29H36N2O3. The second kappa shape index (κ2) is 11.6. The molecule has 1 aromatic carbocycles. The summed E-state index contributed by atoms with van der Waals surface area (Å²) in [5.74, 6) is 1.53. The lowest BCUT2D eigenvalue weighted by molar-refractivity contribution is -0.116. The number of hydrogen-bond donors (Lipinski definition) is 3. The van der Waals surface area contributed by atoms with Gasteiger partial charge in [0.1, 0.15) is 5.82 Å². The predicted octanol–water partition coefficient (Wildman–Crippen LogP) is 4.99. The maximum atomic E-state index is 12.1. The first-order chi connectivity index (χ1) is 16.5. The number of amides is 1. The van der Waals surface area contributed by atoms with Gasteiger partial charge in [0.05, 0.1) is 12.2 Å². The molecule has 1 fully saturated rings. The van der Waals surface area contributed by atoms with Crippen LogP contribution in [0.25, 0.3) is 0 Å². The predicted molar refractivity (Wildman–Crippen MR) is 135 cm³/mol. The second-order valence-corrected chi connectivity index (χ2v) is 9.85. The lowest BCUT2D eigenvalue weighted by Crippen LogP contribution is -2.18. The Morgan fingerprint density at radius 1 is 1.24 bits per heavy atom. The highest BCUT2D eigenvalue weighted by Crippen LogP contribution is 2.48. The first-order valence-corrected chi connectivity index (χ1v) is 12.5. The number of allylic oxidation sites excluding steroid dienone is 2. The summed E-state index contributed by atoms with van der Waals surface area (Å²) in [5, 5.41) is 23.9. The van der Waals surface area contributed by atoms with Crippen molar-refractivity contribution in [1.82, 2.24) is 4.98 Å². The lowest BCUT2D eigenvalue weighted by Gasteiger charge is -2.19. The third-order valence-corrected chi connectivity index (χ3v) is 7.12. The standard InChI is InChI=1S/C29H36N2O3/c1-20-7-6-9-21(15-20)17-24(32)12-13-25-26-18-22(16-23(26)19-27(25)33)8-2-3-11-29(34)31-28-10-4-5-14-30-28/h4-7,9-10,12-16,23-27,32-33H,2-3,8,11,17-19H2,1H3,(H,30,31,34)/b13-12+/t23-,24+,25+,26-,27+/m0/s1. The number of fused-ring (bicyclic) bond motifs is 1. The molecule has 4 rings (SSSR count). The minimum atomic E-state index is -0.542. The van der Waals surface area contributed by atoms with E-state index in [0.29, 0.717) is 30.5 Å². The molecular weight excluding hydrogens is 424 g/mol. The average molecular weight is 461 g/mol. The number of carbonyl (C=O) groups is 1. The number of aliphatic hydroxyl groups excluding tert-OH is 2.